The van der Waals surface area contributed by atoms with Crippen molar-refractivity contribution in [3.05, 3.63) is 62.7 Å². The number of thiophene rings is 1. The van der Waals surface area contributed by atoms with E-state index in [1.54, 1.807) is 37.3 Å². The van der Waals surface area contributed by atoms with Crippen molar-refractivity contribution in [2.75, 3.05) is 5.32 Å². The van der Waals surface area contributed by atoms with E-state index in [1.807, 2.05) is 5.38 Å². The first kappa shape index (κ1) is 19.9. The molecule has 9 heteroatoms. The highest BCUT2D eigenvalue weighted by molar-refractivity contribution is 8.00. The fourth-order valence-corrected chi connectivity index (χ4v) is 4.41. The first-order chi connectivity index (χ1) is 12.9. The Kier molecular flexibility index (Phi) is 6.26. The number of allylic oxidation sites excluding steroid dienone is 1. The lowest BCUT2D eigenvalue weighted by Gasteiger charge is -2.15. The van der Waals surface area contributed by atoms with E-state index in [1.165, 1.54) is 27.7 Å². The van der Waals surface area contributed by atoms with Crippen LogP contribution in [0.5, 0.6) is 0 Å². The van der Waals surface area contributed by atoms with E-state index in [2.05, 4.69) is 16.9 Å². The standard InChI is InChI=1S/C18H15Cl2N3O2S2/c1-3-7-23-17(25)12-6-8-26-16(12)22-18(23)27-10(2)15(24)21-14-9-11(19)4-5-13(14)20/h3-6,8-10H,1,7H2,2H3,(H,21,24). The number of thioether (sulfide) groups is 1. The van der Waals surface area contributed by atoms with Crippen molar-refractivity contribution in [2.45, 2.75) is 23.9 Å². The normalized spacial score (nSPS) is 12.1. The van der Waals surface area contributed by atoms with Crippen LogP contribution in [0.15, 0.2) is 52.3 Å². The second-order valence-corrected chi connectivity index (χ2v) is 8.66. The molecule has 1 atom stereocenters. The second-order valence-electron chi connectivity index (χ2n) is 5.61. The quantitative estimate of drug-likeness (QED) is 0.330. The van der Waals surface area contributed by atoms with Gasteiger partial charge in [-0.25, -0.2) is 4.98 Å². The molecule has 0 aliphatic carbocycles. The average Bonchev–Trinajstić information content (AvgIpc) is 3.10. The van der Waals surface area contributed by atoms with Crippen molar-refractivity contribution in [2.24, 2.45) is 0 Å². The minimum Gasteiger partial charge on any atom is -0.324 e. The zero-order valence-corrected chi connectivity index (χ0v) is 17.4. The number of nitrogens with one attached hydrogen (secondary N) is 1. The zero-order valence-electron chi connectivity index (χ0n) is 14.2. The molecular weight excluding hydrogens is 425 g/mol. The lowest BCUT2D eigenvalue weighted by atomic mass is 10.3. The fraction of sp³-hybridized carbons (Fsp3) is 0.167. The molecule has 3 rings (SSSR count). The van der Waals surface area contributed by atoms with Gasteiger partial charge in [-0.15, -0.1) is 17.9 Å². The smallest absolute Gasteiger partial charge is 0.263 e. The van der Waals surface area contributed by atoms with Crippen LogP contribution in [-0.2, 0) is 11.3 Å². The molecule has 3 aromatic rings. The van der Waals surface area contributed by atoms with E-state index in [0.717, 1.165) is 0 Å². The molecule has 2 heterocycles. The van der Waals surface area contributed by atoms with Crippen LogP contribution < -0.4 is 10.9 Å². The van der Waals surface area contributed by atoms with E-state index in [-0.39, 0.29) is 11.5 Å². The Morgan fingerprint density at radius 1 is 1.44 bits per heavy atom. The van der Waals surface area contributed by atoms with Crippen molar-refractivity contribution in [1.29, 1.82) is 0 Å². The number of carbonyl (C=O) groups excluding carboxylic acids is 1. The molecule has 27 heavy (non-hydrogen) atoms. The van der Waals surface area contributed by atoms with Gasteiger partial charge in [0.05, 0.1) is 21.3 Å². The largest absolute Gasteiger partial charge is 0.324 e. The molecule has 0 saturated carbocycles. The Balaban J connectivity index is 1.86. The summed E-state index contributed by atoms with van der Waals surface area (Å²) in [7, 11) is 0. The Labute approximate surface area is 174 Å². The van der Waals surface area contributed by atoms with Gasteiger partial charge >= 0.3 is 0 Å². The average molecular weight is 440 g/mol. The van der Waals surface area contributed by atoms with Gasteiger partial charge in [-0.05, 0) is 36.6 Å². The predicted octanol–water partition coefficient (Wildman–Crippen LogP) is 5.07. The van der Waals surface area contributed by atoms with Gasteiger partial charge in [0.1, 0.15) is 4.83 Å². The van der Waals surface area contributed by atoms with Gasteiger partial charge in [0.25, 0.3) is 5.56 Å². The van der Waals surface area contributed by atoms with E-state index in [4.69, 9.17) is 23.2 Å². The summed E-state index contributed by atoms with van der Waals surface area (Å²) in [5.41, 5.74) is 0.293. The van der Waals surface area contributed by atoms with Gasteiger partial charge < -0.3 is 5.32 Å². The van der Waals surface area contributed by atoms with Crippen molar-refractivity contribution in [3.8, 4) is 0 Å². The number of nitrogens with zero attached hydrogens (tertiary/aromatic N) is 2. The molecule has 0 bridgehead atoms. The molecule has 1 aromatic carbocycles. The Hall–Kier alpha value is -1.80. The number of amides is 1. The molecule has 5 nitrogen and oxygen atoms in total. The molecule has 140 valence electrons. The number of hydrogen-bond donors (Lipinski definition) is 1. The van der Waals surface area contributed by atoms with Crippen LogP contribution >= 0.6 is 46.3 Å². The molecule has 0 aliphatic rings. The summed E-state index contributed by atoms with van der Waals surface area (Å²) in [6.07, 6.45) is 1.63. The number of fused-ring (bicyclic) bond motifs is 1. The number of carbonyl (C=O) groups is 1. The number of benzene rings is 1. The molecular formula is C18H15Cl2N3O2S2. The summed E-state index contributed by atoms with van der Waals surface area (Å²) in [5, 5.41) is 5.97. The van der Waals surface area contributed by atoms with Crippen molar-refractivity contribution in [3.63, 3.8) is 0 Å². The Bertz CT molecular complexity index is 1080. The summed E-state index contributed by atoms with van der Waals surface area (Å²) in [6, 6.07) is 6.60. The third-order valence-corrected chi connectivity index (χ3v) is 6.16. The maximum absolute atomic E-state index is 12.7. The van der Waals surface area contributed by atoms with Gasteiger partial charge in [0, 0.05) is 11.6 Å². The summed E-state index contributed by atoms with van der Waals surface area (Å²) < 4.78 is 1.52. The predicted molar refractivity (Wildman–Crippen MR) is 114 cm³/mol. The number of halogens is 2. The van der Waals surface area contributed by atoms with Crippen molar-refractivity contribution in [1.82, 2.24) is 9.55 Å². The van der Waals surface area contributed by atoms with E-state index >= 15 is 0 Å². The van der Waals surface area contributed by atoms with Crippen LogP contribution in [0.4, 0.5) is 5.69 Å². The fourth-order valence-electron chi connectivity index (χ4n) is 2.35. The highest BCUT2D eigenvalue weighted by Crippen LogP contribution is 2.28. The molecule has 0 saturated heterocycles. The number of anilines is 1. The molecule has 2 aromatic heterocycles. The lowest BCUT2D eigenvalue weighted by Crippen LogP contribution is -2.26. The SMILES string of the molecule is C=CCn1c(SC(C)C(=O)Nc2cc(Cl)ccc2Cl)nc2sccc2c1=O. The minimum absolute atomic E-state index is 0.144. The molecule has 0 fully saturated rings. The molecule has 0 spiro atoms. The second kappa shape index (κ2) is 8.48. The molecule has 0 aliphatic heterocycles. The zero-order chi connectivity index (χ0) is 19.6. The van der Waals surface area contributed by atoms with Crippen LogP contribution in [0.3, 0.4) is 0 Å². The van der Waals surface area contributed by atoms with Gasteiger partial charge in [-0.2, -0.15) is 0 Å². The first-order valence-corrected chi connectivity index (χ1v) is 10.4. The van der Waals surface area contributed by atoms with Crippen molar-refractivity contribution < 1.29 is 4.79 Å². The van der Waals surface area contributed by atoms with Gasteiger partial charge in [-0.1, -0.05) is 41.0 Å². The molecule has 1 amide bonds. The van der Waals surface area contributed by atoms with Crippen LogP contribution in [0.1, 0.15) is 6.92 Å². The summed E-state index contributed by atoms with van der Waals surface area (Å²) >= 11 is 14.6. The first-order valence-electron chi connectivity index (χ1n) is 7.92. The van der Waals surface area contributed by atoms with Gasteiger partial charge in [0.15, 0.2) is 5.16 Å². The third-order valence-electron chi connectivity index (χ3n) is 3.70. The minimum atomic E-state index is -0.513. The summed E-state index contributed by atoms with van der Waals surface area (Å²) in [5.74, 6) is -0.269. The Morgan fingerprint density at radius 2 is 2.22 bits per heavy atom. The van der Waals surface area contributed by atoms with Crippen LogP contribution in [0, 0.1) is 0 Å². The van der Waals surface area contributed by atoms with E-state index < -0.39 is 5.25 Å². The maximum atomic E-state index is 12.7. The van der Waals surface area contributed by atoms with E-state index in [9.17, 15) is 9.59 Å². The van der Waals surface area contributed by atoms with E-state index in [0.29, 0.717) is 37.7 Å². The monoisotopic (exact) mass is 439 g/mol. The number of hydrogen-bond acceptors (Lipinski definition) is 5. The Morgan fingerprint density at radius 3 is 2.96 bits per heavy atom. The van der Waals surface area contributed by atoms with Crippen molar-refractivity contribution >= 4 is 68.1 Å². The number of aromatic nitrogens is 2. The van der Waals surface area contributed by atoms with Gasteiger partial charge in [0.2, 0.25) is 5.91 Å². The lowest BCUT2D eigenvalue weighted by molar-refractivity contribution is -0.115. The summed E-state index contributed by atoms with van der Waals surface area (Å²) in [6.45, 7) is 5.74. The highest BCUT2D eigenvalue weighted by Gasteiger charge is 2.20. The topological polar surface area (TPSA) is 64.0 Å². The van der Waals surface area contributed by atoms with Gasteiger partial charge in [-0.3, -0.25) is 14.2 Å². The van der Waals surface area contributed by atoms with Crippen LogP contribution in [0.25, 0.3) is 10.2 Å². The van der Waals surface area contributed by atoms with Crippen LogP contribution in [0.2, 0.25) is 10.0 Å². The highest BCUT2D eigenvalue weighted by atomic mass is 35.5. The molecule has 0 radical (unpaired) electrons. The van der Waals surface area contributed by atoms with Crippen LogP contribution in [-0.4, -0.2) is 20.7 Å². The third kappa shape index (κ3) is 4.38. The summed E-state index contributed by atoms with van der Waals surface area (Å²) in [4.78, 5) is 30.4. The molecule has 1 unspecified atom stereocenters. The molecule has 1 N–H and O–H groups in total. The number of rotatable bonds is 6. The maximum Gasteiger partial charge on any atom is 0.263 e.